The predicted molar refractivity (Wildman–Crippen MR) is 92.5 cm³/mol. The Morgan fingerprint density at radius 3 is 2.56 bits per heavy atom. The Balaban J connectivity index is 1.81. The van der Waals surface area contributed by atoms with Gasteiger partial charge in [-0.3, -0.25) is 14.1 Å². The first-order valence-corrected chi connectivity index (χ1v) is 11.2. The van der Waals surface area contributed by atoms with E-state index in [0.717, 1.165) is 31.5 Å². The maximum atomic E-state index is 11.4. The summed E-state index contributed by atoms with van der Waals surface area (Å²) in [6.07, 6.45) is 5.75. The molecule has 1 saturated carbocycles. The average molecular weight is 390 g/mol. The summed E-state index contributed by atoms with van der Waals surface area (Å²) < 4.78 is 22.7. The van der Waals surface area contributed by atoms with E-state index in [-0.39, 0.29) is 5.82 Å². The van der Waals surface area contributed by atoms with Gasteiger partial charge in [0.2, 0.25) is 5.52 Å². The molecule has 0 saturated heterocycles. The van der Waals surface area contributed by atoms with Gasteiger partial charge in [0.1, 0.15) is 5.82 Å². The molecule has 0 bridgehead atoms. The zero-order chi connectivity index (χ0) is 18.2. The van der Waals surface area contributed by atoms with Crippen molar-refractivity contribution in [3.63, 3.8) is 0 Å². The summed E-state index contributed by atoms with van der Waals surface area (Å²) >= 11 is 0. The lowest BCUT2D eigenvalue weighted by molar-refractivity contribution is 0.343. The number of nitrogens with zero attached hydrogens (tertiary/aromatic N) is 3. The SMILES string of the molecule is O=P(O)(O)C(Nc1cc(N2CC3CCCCC3=N2)ccn1)P(=O)(O)O. The number of hydrogen-bond acceptors (Lipinski definition) is 6. The van der Waals surface area contributed by atoms with Crippen LogP contribution in [-0.4, -0.2) is 42.3 Å². The number of hydrogen-bond donors (Lipinski definition) is 5. The van der Waals surface area contributed by atoms with E-state index in [1.54, 1.807) is 11.1 Å². The van der Waals surface area contributed by atoms with Crippen LogP contribution in [0.3, 0.4) is 0 Å². The average Bonchev–Trinajstić information content (AvgIpc) is 2.95. The highest BCUT2D eigenvalue weighted by Crippen LogP contribution is 2.59. The molecule has 138 valence electrons. The minimum atomic E-state index is -5.08. The van der Waals surface area contributed by atoms with Crippen LogP contribution in [0.5, 0.6) is 0 Å². The Morgan fingerprint density at radius 2 is 1.92 bits per heavy atom. The largest absolute Gasteiger partial charge is 0.360 e. The molecule has 0 radical (unpaired) electrons. The summed E-state index contributed by atoms with van der Waals surface area (Å²) in [7, 11) is -10.2. The Morgan fingerprint density at radius 1 is 1.20 bits per heavy atom. The molecule has 1 aliphatic heterocycles. The van der Waals surface area contributed by atoms with E-state index in [9.17, 15) is 28.7 Å². The molecular formula is C13H20N4O6P2. The van der Waals surface area contributed by atoms with Gasteiger partial charge in [-0.2, -0.15) is 5.10 Å². The lowest BCUT2D eigenvalue weighted by atomic mass is 9.88. The lowest BCUT2D eigenvalue weighted by Crippen LogP contribution is -2.22. The number of anilines is 2. The normalized spacial score (nSPS) is 21.2. The van der Waals surface area contributed by atoms with Crippen molar-refractivity contribution < 1.29 is 28.7 Å². The van der Waals surface area contributed by atoms with E-state index in [4.69, 9.17) is 0 Å². The Labute approximate surface area is 144 Å². The van der Waals surface area contributed by atoms with E-state index in [2.05, 4.69) is 15.4 Å². The van der Waals surface area contributed by atoms with Gasteiger partial charge in [-0.1, -0.05) is 6.42 Å². The van der Waals surface area contributed by atoms with Crippen LogP contribution in [0.1, 0.15) is 25.7 Å². The number of fused-ring (bicyclic) bond motifs is 1. The molecule has 12 heteroatoms. The fraction of sp³-hybridized carbons (Fsp3) is 0.538. The molecule has 1 aliphatic carbocycles. The highest BCUT2D eigenvalue weighted by molar-refractivity contribution is 7.71. The maximum absolute atomic E-state index is 11.4. The third-order valence-electron chi connectivity index (χ3n) is 4.30. The molecule has 1 unspecified atom stereocenters. The van der Waals surface area contributed by atoms with Crippen molar-refractivity contribution >= 4 is 32.4 Å². The van der Waals surface area contributed by atoms with Gasteiger partial charge < -0.3 is 24.9 Å². The predicted octanol–water partition coefficient (Wildman–Crippen LogP) is 1.50. The molecule has 1 aromatic heterocycles. The minimum Gasteiger partial charge on any atom is -0.346 e. The monoisotopic (exact) mass is 390 g/mol. The molecule has 1 atom stereocenters. The van der Waals surface area contributed by atoms with Gasteiger partial charge in [0.25, 0.3) is 0 Å². The third kappa shape index (κ3) is 4.28. The standard InChI is InChI=1S/C13H20N4O6P2/c18-24(19,20)13(25(21,22)23)15-12-7-10(5-6-14-12)17-8-9-3-1-2-4-11(9)16-17/h5-7,9,13H,1-4,8H2,(H,14,15)(H2,18,19,20)(H2,21,22,23). The van der Waals surface area contributed by atoms with Crippen LogP contribution in [0.15, 0.2) is 23.4 Å². The van der Waals surface area contributed by atoms with Gasteiger partial charge in [0.05, 0.1) is 5.69 Å². The Kier molecular flexibility index (Phi) is 5.03. The fourth-order valence-corrected chi connectivity index (χ4v) is 5.29. The van der Waals surface area contributed by atoms with E-state index in [0.29, 0.717) is 11.6 Å². The van der Waals surface area contributed by atoms with Crippen molar-refractivity contribution in [2.24, 2.45) is 11.0 Å². The second kappa shape index (κ2) is 6.79. The van der Waals surface area contributed by atoms with E-state index in [1.807, 2.05) is 0 Å². The first-order valence-electron chi connectivity index (χ1n) is 7.82. The van der Waals surface area contributed by atoms with E-state index < -0.39 is 20.7 Å². The first kappa shape index (κ1) is 18.5. The molecule has 2 aliphatic rings. The second-order valence-corrected chi connectivity index (χ2v) is 10.0. The van der Waals surface area contributed by atoms with Gasteiger partial charge >= 0.3 is 15.2 Å². The lowest BCUT2D eigenvalue weighted by Gasteiger charge is -2.22. The van der Waals surface area contributed by atoms with Crippen molar-refractivity contribution in [2.75, 3.05) is 16.9 Å². The molecule has 1 aromatic rings. The second-order valence-electron chi connectivity index (χ2n) is 6.21. The summed E-state index contributed by atoms with van der Waals surface area (Å²) in [5, 5.41) is 8.55. The summed E-state index contributed by atoms with van der Waals surface area (Å²) in [5.41, 5.74) is -0.536. The van der Waals surface area contributed by atoms with Crippen molar-refractivity contribution in [3.05, 3.63) is 18.3 Å². The summed E-state index contributed by atoms with van der Waals surface area (Å²) in [6.45, 7) is 0.721. The molecule has 0 spiro atoms. The molecule has 2 heterocycles. The smallest absolute Gasteiger partial charge is 0.346 e. The van der Waals surface area contributed by atoms with Gasteiger partial charge in [-0.05, 0) is 25.3 Å². The Bertz CT molecular complexity index is 754. The van der Waals surface area contributed by atoms with Gasteiger partial charge in [-0.15, -0.1) is 0 Å². The number of hydrazone groups is 1. The first-order chi connectivity index (χ1) is 11.6. The van der Waals surface area contributed by atoms with Crippen molar-refractivity contribution in [1.82, 2.24) is 4.98 Å². The number of rotatable bonds is 5. The summed E-state index contributed by atoms with van der Waals surface area (Å²) in [4.78, 5) is 40.7. The molecule has 1 fully saturated rings. The van der Waals surface area contributed by atoms with Gasteiger partial charge in [0.15, 0.2) is 0 Å². The zero-order valence-corrected chi connectivity index (χ0v) is 15.1. The van der Waals surface area contributed by atoms with Crippen LogP contribution < -0.4 is 10.3 Å². The Hall–Kier alpha value is -1.28. The fourth-order valence-electron chi connectivity index (χ4n) is 3.12. The van der Waals surface area contributed by atoms with Crippen LogP contribution in [0.25, 0.3) is 0 Å². The zero-order valence-electron chi connectivity index (χ0n) is 13.3. The molecule has 0 aromatic carbocycles. The minimum absolute atomic E-state index is 0.0378. The number of aromatic nitrogens is 1. The van der Waals surface area contributed by atoms with Crippen LogP contribution in [-0.2, 0) is 9.13 Å². The summed E-state index contributed by atoms with van der Waals surface area (Å²) in [6, 6.07) is 3.16. The van der Waals surface area contributed by atoms with Gasteiger partial charge in [0, 0.05) is 30.4 Å². The van der Waals surface area contributed by atoms with Crippen molar-refractivity contribution in [3.8, 4) is 0 Å². The summed E-state index contributed by atoms with van der Waals surface area (Å²) in [5.74, 6) is 0.375. The van der Waals surface area contributed by atoms with Crippen LogP contribution in [0.2, 0.25) is 0 Å². The van der Waals surface area contributed by atoms with Gasteiger partial charge in [-0.25, -0.2) is 4.98 Å². The van der Waals surface area contributed by atoms with Crippen molar-refractivity contribution in [1.29, 1.82) is 0 Å². The maximum Gasteiger partial charge on any atom is 0.360 e. The van der Waals surface area contributed by atoms with Crippen LogP contribution in [0, 0.1) is 5.92 Å². The molecule has 0 amide bonds. The quantitative estimate of drug-likeness (QED) is 0.470. The van der Waals surface area contributed by atoms with E-state index >= 15 is 0 Å². The molecule has 10 nitrogen and oxygen atoms in total. The molecule has 3 rings (SSSR count). The topological polar surface area (TPSA) is 156 Å². The number of nitrogens with one attached hydrogen (secondary N) is 1. The van der Waals surface area contributed by atoms with Crippen molar-refractivity contribution in [2.45, 2.75) is 31.2 Å². The molecule has 5 N–H and O–H groups in total. The van der Waals surface area contributed by atoms with E-state index in [1.165, 1.54) is 18.7 Å². The highest BCUT2D eigenvalue weighted by atomic mass is 31.2. The molecule has 25 heavy (non-hydrogen) atoms. The third-order valence-corrected chi connectivity index (χ3v) is 7.64. The highest BCUT2D eigenvalue weighted by Gasteiger charge is 2.43. The number of pyridine rings is 1. The molecular weight excluding hydrogens is 370 g/mol. The van der Waals surface area contributed by atoms with Crippen LogP contribution in [0.4, 0.5) is 11.5 Å². The van der Waals surface area contributed by atoms with Crippen LogP contribution >= 0.6 is 15.2 Å².